The molecule has 0 aliphatic rings. The zero-order valence-electron chi connectivity index (χ0n) is 10.5. The predicted molar refractivity (Wildman–Crippen MR) is 72.2 cm³/mol. The molecule has 2 rings (SSSR count). The van der Waals surface area contributed by atoms with Gasteiger partial charge in [-0.25, -0.2) is 4.79 Å². The minimum absolute atomic E-state index is 0.226. The minimum Gasteiger partial charge on any atom is -0.508 e. The normalized spacial score (nSPS) is 10.4. The predicted octanol–water partition coefficient (Wildman–Crippen LogP) is 3.52. The number of aryl methyl sites for hydroxylation is 2. The molecule has 0 saturated heterocycles. The van der Waals surface area contributed by atoms with Crippen molar-refractivity contribution in [2.24, 2.45) is 0 Å². The summed E-state index contributed by atoms with van der Waals surface area (Å²) < 4.78 is 4.80. The Morgan fingerprint density at radius 3 is 2.61 bits per heavy atom. The largest absolute Gasteiger partial charge is 0.508 e. The first-order valence-electron chi connectivity index (χ1n) is 5.51. The summed E-state index contributed by atoms with van der Waals surface area (Å²) in [5.74, 6) is -0.0978. The van der Waals surface area contributed by atoms with E-state index < -0.39 is 0 Å². The van der Waals surface area contributed by atoms with Crippen molar-refractivity contribution >= 4 is 17.3 Å². The Balaban J connectivity index is 2.63. The molecule has 1 N–H and O–H groups in total. The fourth-order valence-corrected chi connectivity index (χ4v) is 2.93. The Morgan fingerprint density at radius 1 is 1.28 bits per heavy atom. The van der Waals surface area contributed by atoms with Gasteiger partial charge in [0, 0.05) is 5.56 Å². The second-order valence-electron chi connectivity index (χ2n) is 4.11. The Labute approximate surface area is 110 Å². The van der Waals surface area contributed by atoms with Gasteiger partial charge in [0.15, 0.2) is 0 Å². The lowest BCUT2D eigenvalue weighted by atomic mass is 9.98. The van der Waals surface area contributed by atoms with Gasteiger partial charge >= 0.3 is 5.97 Å². The molecule has 1 aromatic heterocycles. The molecule has 0 saturated carbocycles. The van der Waals surface area contributed by atoms with Crippen molar-refractivity contribution in [3.05, 3.63) is 39.6 Å². The monoisotopic (exact) mass is 262 g/mol. The van der Waals surface area contributed by atoms with Crippen LogP contribution in [0.1, 0.15) is 20.8 Å². The smallest absolute Gasteiger partial charge is 0.348 e. The van der Waals surface area contributed by atoms with Crippen LogP contribution in [-0.2, 0) is 4.74 Å². The second kappa shape index (κ2) is 4.82. The maximum absolute atomic E-state index is 11.7. The highest BCUT2D eigenvalue weighted by molar-refractivity contribution is 7.12. The van der Waals surface area contributed by atoms with Gasteiger partial charge in [-0.3, -0.25) is 0 Å². The molecule has 0 radical (unpaired) electrons. The summed E-state index contributed by atoms with van der Waals surface area (Å²) >= 11 is 1.38. The third-order valence-corrected chi connectivity index (χ3v) is 3.90. The summed E-state index contributed by atoms with van der Waals surface area (Å²) in [6.07, 6.45) is 0. The van der Waals surface area contributed by atoms with Crippen molar-refractivity contribution in [2.75, 3.05) is 7.11 Å². The molecule has 0 bridgehead atoms. The van der Waals surface area contributed by atoms with Crippen LogP contribution in [0.25, 0.3) is 11.1 Å². The van der Waals surface area contributed by atoms with Gasteiger partial charge in [0.1, 0.15) is 10.6 Å². The van der Waals surface area contributed by atoms with Gasteiger partial charge in [-0.15, -0.1) is 11.3 Å². The van der Waals surface area contributed by atoms with Gasteiger partial charge in [0.25, 0.3) is 0 Å². The quantitative estimate of drug-likeness (QED) is 0.842. The van der Waals surface area contributed by atoms with Gasteiger partial charge in [-0.1, -0.05) is 6.07 Å². The van der Waals surface area contributed by atoms with Crippen LogP contribution in [0.4, 0.5) is 0 Å². The SMILES string of the molecule is COC(=O)c1scc(C)c1-c1ccc(O)cc1C. The average molecular weight is 262 g/mol. The van der Waals surface area contributed by atoms with Crippen LogP contribution >= 0.6 is 11.3 Å². The fourth-order valence-electron chi connectivity index (χ4n) is 1.95. The van der Waals surface area contributed by atoms with Crippen molar-refractivity contribution in [2.45, 2.75) is 13.8 Å². The zero-order valence-corrected chi connectivity index (χ0v) is 11.3. The summed E-state index contributed by atoms with van der Waals surface area (Å²) in [7, 11) is 1.38. The Bertz CT molecular complexity index is 599. The molecule has 0 spiro atoms. The van der Waals surface area contributed by atoms with Gasteiger partial charge < -0.3 is 9.84 Å². The number of esters is 1. The number of rotatable bonds is 2. The van der Waals surface area contributed by atoms with Crippen LogP contribution in [-0.4, -0.2) is 18.2 Å². The van der Waals surface area contributed by atoms with Crippen LogP contribution in [0.3, 0.4) is 0 Å². The van der Waals surface area contributed by atoms with E-state index in [0.29, 0.717) is 4.88 Å². The third-order valence-electron chi connectivity index (χ3n) is 2.83. The minimum atomic E-state index is -0.324. The van der Waals surface area contributed by atoms with Crippen molar-refractivity contribution in [1.29, 1.82) is 0 Å². The van der Waals surface area contributed by atoms with Crippen molar-refractivity contribution in [1.82, 2.24) is 0 Å². The third kappa shape index (κ3) is 2.11. The maximum Gasteiger partial charge on any atom is 0.348 e. The molecular weight excluding hydrogens is 248 g/mol. The van der Waals surface area contributed by atoms with Gasteiger partial charge in [0.2, 0.25) is 0 Å². The van der Waals surface area contributed by atoms with Crippen LogP contribution in [0.15, 0.2) is 23.6 Å². The zero-order chi connectivity index (χ0) is 13.3. The number of thiophene rings is 1. The molecule has 3 nitrogen and oxygen atoms in total. The molecule has 1 heterocycles. The van der Waals surface area contributed by atoms with Gasteiger partial charge in [0.05, 0.1) is 7.11 Å². The highest BCUT2D eigenvalue weighted by Crippen LogP contribution is 2.35. The molecule has 0 aliphatic heterocycles. The number of hydrogen-bond acceptors (Lipinski definition) is 4. The molecule has 0 aliphatic carbocycles. The lowest BCUT2D eigenvalue weighted by Gasteiger charge is -2.08. The van der Waals surface area contributed by atoms with Crippen LogP contribution < -0.4 is 0 Å². The summed E-state index contributed by atoms with van der Waals surface area (Å²) in [5, 5.41) is 11.4. The Morgan fingerprint density at radius 2 is 2.00 bits per heavy atom. The fraction of sp³-hybridized carbons (Fsp3) is 0.214. The van der Waals surface area contributed by atoms with Crippen LogP contribution in [0.5, 0.6) is 5.75 Å². The first kappa shape index (κ1) is 12.6. The van der Waals surface area contributed by atoms with Crippen molar-refractivity contribution in [3.8, 4) is 16.9 Å². The first-order valence-corrected chi connectivity index (χ1v) is 6.39. The van der Waals surface area contributed by atoms with E-state index in [1.165, 1.54) is 18.4 Å². The van der Waals surface area contributed by atoms with E-state index in [0.717, 1.165) is 22.3 Å². The molecule has 0 fully saturated rings. The van der Waals surface area contributed by atoms with Crippen molar-refractivity contribution in [3.63, 3.8) is 0 Å². The highest BCUT2D eigenvalue weighted by atomic mass is 32.1. The van der Waals surface area contributed by atoms with Crippen molar-refractivity contribution < 1.29 is 14.6 Å². The molecule has 1 aromatic carbocycles. The van der Waals surface area contributed by atoms with E-state index in [4.69, 9.17) is 4.74 Å². The standard InChI is InChI=1S/C14H14O3S/c1-8-6-10(15)4-5-11(8)12-9(2)7-18-13(12)14(16)17-3/h4-7,15H,1-3H3. The van der Waals surface area contributed by atoms with E-state index in [1.807, 2.05) is 25.3 Å². The highest BCUT2D eigenvalue weighted by Gasteiger charge is 2.19. The summed E-state index contributed by atoms with van der Waals surface area (Å²) in [4.78, 5) is 12.3. The lowest BCUT2D eigenvalue weighted by molar-refractivity contribution is 0.0607. The Kier molecular flexibility index (Phi) is 3.39. The number of phenols is 1. The number of methoxy groups -OCH3 is 1. The lowest BCUT2D eigenvalue weighted by Crippen LogP contribution is -2.01. The summed E-state index contributed by atoms with van der Waals surface area (Å²) in [5.41, 5.74) is 3.81. The number of hydrogen-bond donors (Lipinski definition) is 1. The van der Waals surface area contributed by atoms with Gasteiger partial charge in [-0.05, 0) is 48.1 Å². The van der Waals surface area contributed by atoms with Gasteiger partial charge in [-0.2, -0.15) is 0 Å². The summed E-state index contributed by atoms with van der Waals surface area (Å²) in [6, 6.07) is 5.14. The maximum atomic E-state index is 11.7. The number of carbonyl (C=O) groups is 1. The molecule has 4 heteroatoms. The van der Waals surface area contributed by atoms with Crippen LogP contribution in [0.2, 0.25) is 0 Å². The molecule has 18 heavy (non-hydrogen) atoms. The van der Waals surface area contributed by atoms with Crippen LogP contribution in [0, 0.1) is 13.8 Å². The molecule has 0 unspecified atom stereocenters. The van der Waals surface area contributed by atoms with E-state index in [-0.39, 0.29) is 11.7 Å². The Hall–Kier alpha value is -1.81. The molecule has 2 aromatic rings. The topological polar surface area (TPSA) is 46.5 Å². The number of aromatic hydroxyl groups is 1. The van der Waals surface area contributed by atoms with E-state index >= 15 is 0 Å². The van der Waals surface area contributed by atoms with E-state index in [2.05, 4.69) is 0 Å². The first-order chi connectivity index (χ1) is 8.54. The number of benzene rings is 1. The molecular formula is C14H14O3S. The molecule has 0 atom stereocenters. The second-order valence-corrected chi connectivity index (χ2v) is 4.99. The number of carbonyl (C=O) groups excluding carboxylic acids is 1. The molecule has 94 valence electrons. The van der Waals surface area contributed by atoms with E-state index in [9.17, 15) is 9.90 Å². The number of ether oxygens (including phenoxy) is 1. The average Bonchev–Trinajstić information content (AvgIpc) is 2.70. The molecule has 0 amide bonds. The van der Waals surface area contributed by atoms with E-state index in [1.54, 1.807) is 12.1 Å². The summed E-state index contributed by atoms with van der Waals surface area (Å²) in [6.45, 7) is 3.87. The number of phenolic OH excluding ortho intramolecular Hbond substituents is 1.